The van der Waals surface area contributed by atoms with Gasteiger partial charge in [-0.2, -0.15) is 0 Å². The van der Waals surface area contributed by atoms with Crippen LogP contribution in [0.1, 0.15) is 40.0 Å². The molecule has 2 heteroatoms. The first kappa shape index (κ1) is 13.9. The number of nitrogens with zero attached hydrogens (tertiary/aromatic N) is 1. The van der Waals surface area contributed by atoms with Gasteiger partial charge in [-0.3, -0.25) is 4.79 Å². The van der Waals surface area contributed by atoms with E-state index in [0.29, 0.717) is 6.42 Å². The van der Waals surface area contributed by atoms with E-state index in [-0.39, 0.29) is 5.91 Å². The van der Waals surface area contributed by atoms with Crippen molar-refractivity contribution in [3.05, 3.63) is 23.3 Å². The van der Waals surface area contributed by atoms with Crippen LogP contribution in [0.3, 0.4) is 0 Å². The maximum Gasteiger partial charge on any atom is 0.225 e. The van der Waals surface area contributed by atoms with Crippen LogP contribution in [0.25, 0.3) is 0 Å². The Balaban J connectivity index is 3.89. The van der Waals surface area contributed by atoms with Crippen molar-refractivity contribution in [1.29, 1.82) is 0 Å². The predicted octanol–water partition coefficient (Wildman–Crippen LogP) is 3.16. The van der Waals surface area contributed by atoms with Gasteiger partial charge >= 0.3 is 0 Å². The highest BCUT2D eigenvalue weighted by atomic mass is 16.2. The standard InChI is InChI=1S/C13H23NO/c1-11(2)7-6-8-12(3)9-10-13(15)14(4)5/h7,9H,6,8,10H2,1-5H3/b12-9+. The Labute approximate surface area is 93.7 Å². The highest BCUT2D eigenvalue weighted by Crippen LogP contribution is 2.07. The Hall–Kier alpha value is -1.05. The van der Waals surface area contributed by atoms with Crippen molar-refractivity contribution in [2.24, 2.45) is 0 Å². The van der Waals surface area contributed by atoms with Crippen LogP contribution in [0.15, 0.2) is 23.3 Å². The zero-order valence-corrected chi connectivity index (χ0v) is 10.6. The molecule has 0 bridgehead atoms. The fraction of sp³-hybridized carbons (Fsp3) is 0.615. The normalized spacial score (nSPS) is 11.1. The van der Waals surface area contributed by atoms with Gasteiger partial charge in [-0.05, 0) is 33.6 Å². The van der Waals surface area contributed by atoms with Gasteiger partial charge in [-0.25, -0.2) is 0 Å². The summed E-state index contributed by atoms with van der Waals surface area (Å²) in [6.45, 7) is 6.30. The fourth-order valence-corrected chi connectivity index (χ4v) is 1.13. The summed E-state index contributed by atoms with van der Waals surface area (Å²) in [6.07, 6.45) is 6.90. The van der Waals surface area contributed by atoms with Crippen molar-refractivity contribution in [1.82, 2.24) is 4.90 Å². The highest BCUT2D eigenvalue weighted by Gasteiger charge is 2.00. The zero-order valence-electron chi connectivity index (χ0n) is 10.6. The van der Waals surface area contributed by atoms with Crippen molar-refractivity contribution in [2.75, 3.05) is 14.1 Å². The number of carbonyl (C=O) groups excluding carboxylic acids is 1. The largest absolute Gasteiger partial charge is 0.349 e. The van der Waals surface area contributed by atoms with Crippen molar-refractivity contribution in [2.45, 2.75) is 40.0 Å². The topological polar surface area (TPSA) is 20.3 Å². The molecule has 0 aromatic heterocycles. The van der Waals surface area contributed by atoms with E-state index in [0.717, 1.165) is 12.8 Å². The molecule has 0 aliphatic heterocycles. The van der Waals surface area contributed by atoms with Crippen LogP contribution in [-0.4, -0.2) is 24.9 Å². The quantitative estimate of drug-likeness (QED) is 0.637. The van der Waals surface area contributed by atoms with Crippen molar-refractivity contribution in [3.63, 3.8) is 0 Å². The lowest BCUT2D eigenvalue weighted by Gasteiger charge is -2.08. The van der Waals surface area contributed by atoms with Crippen LogP contribution in [-0.2, 0) is 4.79 Å². The molecule has 0 atom stereocenters. The molecule has 0 fully saturated rings. The Morgan fingerprint density at radius 3 is 2.20 bits per heavy atom. The van der Waals surface area contributed by atoms with E-state index in [9.17, 15) is 4.79 Å². The molecule has 0 aliphatic carbocycles. The summed E-state index contributed by atoms with van der Waals surface area (Å²) in [7, 11) is 3.57. The van der Waals surface area contributed by atoms with E-state index in [1.54, 1.807) is 19.0 Å². The molecule has 0 N–H and O–H groups in total. The Morgan fingerprint density at radius 1 is 1.13 bits per heavy atom. The molecule has 0 heterocycles. The predicted molar refractivity (Wildman–Crippen MR) is 65.7 cm³/mol. The lowest BCUT2D eigenvalue weighted by molar-refractivity contribution is -0.127. The Kier molecular flexibility index (Phi) is 6.76. The average molecular weight is 209 g/mol. The Morgan fingerprint density at radius 2 is 1.73 bits per heavy atom. The van der Waals surface area contributed by atoms with Gasteiger partial charge in [0.2, 0.25) is 5.91 Å². The number of carbonyl (C=O) groups is 1. The molecule has 0 rings (SSSR count). The molecule has 0 saturated heterocycles. The number of hydrogen-bond donors (Lipinski definition) is 0. The van der Waals surface area contributed by atoms with Gasteiger partial charge in [-0.15, -0.1) is 0 Å². The SMILES string of the molecule is CC(C)=CCC/C(C)=C/CC(=O)N(C)C. The molecule has 0 spiro atoms. The minimum Gasteiger partial charge on any atom is -0.349 e. The minimum absolute atomic E-state index is 0.163. The van der Waals surface area contributed by atoms with E-state index in [1.807, 2.05) is 6.08 Å². The summed E-state index contributed by atoms with van der Waals surface area (Å²) >= 11 is 0. The molecule has 0 aliphatic rings. The van der Waals surface area contributed by atoms with Gasteiger partial charge < -0.3 is 4.90 Å². The maximum atomic E-state index is 11.3. The second-order valence-electron chi connectivity index (χ2n) is 4.36. The molecule has 86 valence electrons. The maximum absolute atomic E-state index is 11.3. The van der Waals surface area contributed by atoms with Crippen LogP contribution >= 0.6 is 0 Å². The summed E-state index contributed by atoms with van der Waals surface area (Å²) in [4.78, 5) is 12.9. The second kappa shape index (κ2) is 7.27. The van der Waals surface area contributed by atoms with Gasteiger partial charge in [0.1, 0.15) is 0 Å². The van der Waals surface area contributed by atoms with Crippen LogP contribution in [0.4, 0.5) is 0 Å². The van der Waals surface area contributed by atoms with E-state index >= 15 is 0 Å². The summed E-state index contributed by atoms with van der Waals surface area (Å²) in [5, 5.41) is 0. The van der Waals surface area contributed by atoms with Gasteiger partial charge in [0.25, 0.3) is 0 Å². The van der Waals surface area contributed by atoms with Crippen molar-refractivity contribution >= 4 is 5.91 Å². The van der Waals surface area contributed by atoms with E-state index < -0.39 is 0 Å². The molecule has 0 aromatic carbocycles. The van der Waals surface area contributed by atoms with Gasteiger partial charge in [0, 0.05) is 20.5 Å². The third-order valence-electron chi connectivity index (χ3n) is 2.22. The number of amides is 1. The number of allylic oxidation sites excluding steroid dienone is 3. The zero-order chi connectivity index (χ0) is 11.8. The van der Waals surface area contributed by atoms with Gasteiger partial charge in [-0.1, -0.05) is 23.3 Å². The molecular weight excluding hydrogens is 186 g/mol. The van der Waals surface area contributed by atoms with E-state index in [2.05, 4.69) is 26.8 Å². The molecule has 0 unspecified atom stereocenters. The Bertz CT molecular complexity index is 258. The first-order valence-corrected chi connectivity index (χ1v) is 5.42. The summed E-state index contributed by atoms with van der Waals surface area (Å²) in [5.41, 5.74) is 2.65. The first-order chi connectivity index (χ1) is 6.93. The number of rotatable bonds is 5. The van der Waals surface area contributed by atoms with Gasteiger partial charge in [0.05, 0.1) is 0 Å². The summed E-state index contributed by atoms with van der Waals surface area (Å²) in [6, 6.07) is 0. The molecule has 0 saturated carbocycles. The van der Waals surface area contributed by atoms with Gasteiger partial charge in [0.15, 0.2) is 0 Å². The summed E-state index contributed by atoms with van der Waals surface area (Å²) < 4.78 is 0. The van der Waals surface area contributed by atoms with Crippen LogP contribution < -0.4 is 0 Å². The molecule has 0 radical (unpaired) electrons. The molecular formula is C13H23NO. The molecule has 1 amide bonds. The van der Waals surface area contributed by atoms with E-state index in [4.69, 9.17) is 0 Å². The smallest absolute Gasteiger partial charge is 0.225 e. The third kappa shape index (κ3) is 7.98. The molecule has 2 nitrogen and oxygen atoms in total. The lowest BCUT2D eigenvalue weighted by atomic mass is 10.1. The lowest BCUT2D eigenvalue weighted by Crippen LogP contribution is -2.20. The number of hydrogen-bond acceptors (Lipinski definition) is 1. The molecule has 15 heavy (non-hydrogen) atoms. The average Bonchev–Trinajstić information content (AvgIpc) is 2.13. The summed E-state index contributed by atoms with van der Waals surface area (Å²) in [5.74, 6) is 0.163. The fourth-order valence-electron chi connectivity index (χ4n) is 1.13. The molecule has 0 aromatic rings. The highest BCUT2D eigenvalue weighted by molar-refractivity contribution is 5.77. The second-order valence-corrected chi connectivity index (χ2v) is 4.36. The van der Waals surface area contributed by atoms with E-state index in [1.165, 1.54) is 11.1 Å². The minimum atomic E-state index is 0.163. The monoisotopic (exact) mass is 209 g/mol. The van der Waals surface area contributed by atoms with Crippen LogP contribution in [0.2, 0.25) is 0 Å². The van der Waals surface area contributed by atoms with Crippen molar-refractivity contribution < 1.29 is 4.79 Å². The van der Waals surface area contributed by atoms with Crippen LogP contribution in [0.5, 0.6) is 0 Å². The third-order valence-corrected chi connectivity index (χ3v) is 2.22. The first-order valence-electron chi connectivity index (χ1n) is 5.42. The van der Waals surface area contributed by atoms with Crippen molar-refractivity contribution in [3.8, 4) is 0 Å². The van der Waals surface area contributed by atoms with Crippen LogP contribution in [0, 0.1) is 0 Å².